The third kappa shape index (κ3) is 5.88. The summed E-state index contributed by atoms with van der Waals surface area (Å²) in [5.74, 6) is 1.42. The van der Waals surface area contributed by atoms with Gasteiger partial charge in [0.15, 0.2) is 16.6 Å². The second kappa shape index (κ2) is 9.14. The highest BCUT2D eigenvalue weighted by Crippen LogP contribution is 2.27. The molecule has 0 aliphatic rings. The van der Waals surface area contributed by atoms with Gasteiger partial charge in [-0.1, -0.05) is 19.8 Å². The standard InChI is InChI=1S/C14H21N3O2S/c1-3-4-5-8-19-12-7-6-11(9-13(12)18-2)10-16-17-14(15)20/h6-7,9-10H,3-5,8H2,1-2H3,(H3,15,17,20)/b16-10+. The molecule has 5 nitrogen and oxygen atoms in total. The van der Waals surface area contributed by atoms with Crippen LogP contribution in [0.25, 0.3) is 0 Å². The summed E-state index contributed by atoms with van der Waals surface area (Å²) < 4.78 is 11.0. The highest BCUT2D eigenvalue weighted by atomic mass is 32.1. The van der Waals surface area contributed by atoms with Crippen molar-refractivity contribution in [1.29, 1.82) is 0 Å². The maximum absolute atomic E-state index is 5.70. The number of nitrogens with zero attached hydrogens (tertiary/aromatic N) is 1. The summed E-state index contributed by atoms with van der Waals surface area (Å²) in [6, 6.07) is 5.61. The normalized spacial score (nSPS) is 10.5. The Morgan fingerprint density at radius 1 is 1.40 bits per heavy atom. The summed E-state index contributed by atoms with van der Waals surface area (Å²) in [5, 5.41) is 4.02. The Morgan fingerprint density at radius 2 is 2.20 bits per heavy atom. The number of rotatable bonds is 8. The summed E-state index contributed by atoms with van der Waals surface area (Å²) in [7, 11) is 1.61. The van der Waals surface area contributed by atoms with Gasteiger partial charge < -0.3 is 15.2 Å². The first-order chi connectivity index (χ1) is 9.67. The molecule has 1 aromatic carbocycles. The Bertz CT molecular complexity index is 464. The van der Waals surface area contributed by atoms with Crippen LogP contribution in [0.3, 0.4) is 0 Å². The van der Waals surface area contributed by atoms with Crippen molar-refractivity contribution in [2.45, 2.75) is 26.2 Å². The van der Waals surface area contributed by atoms with Gasteiger partial charge in [-0.2, -0.15) is 5.10 Å². The molecule has 0 aliphatic heterocycles. The predicted molar refractivity (Wildman–Crippen MR) is 85.5 cm³/mol. The lowest BCUT2D eigenvalue weighted by atomic mass is 10.2. The molecular weight excluding hydrogens is 274 g/mol. The molecule has 0 saturated heterocycles. The van der Waals surface area contributed by atoms with Crippen LogP contribution in [0.1, 0.15) is 31.7 Å². The molecular formula is C14H21N3O2S. The lowest BCUT2D eigenvalue weighted by Gasteiger charge is -2.11. The van der Waals surface area contributed by atoms with Gasteiger partial charge in [0.05, 0.1) is 19.9 Å². The third-order valence-electron chi connectivity index (χ3n) is 2.58. The molecule has 0 aliphatic carbocycles. The number of benzene rings is 1. The molecule has 0 amide bonds. The molecule has 0 spiro atoms. The van der Waals surface area contributed by atoms with E-state index < -0.39 is 0 Å². The van der Waals surface area contributed by atoms with Crippen molar-refractivity contribution in [3.8, 4) is 11.5 Å². The SMILES string of the molecule is CCCCCOc1ccc(/C=N/NC(N)=S)cc1OC. The number of methoxy groups -OCH3 is 1. The zero-order valence-electron chi connectivity index (χ0n) is 11.9. The van der Waals surface area contributed by atoms with E-state index >= 15 is 0 Å². The second-order valence-corrected chi connectivity index (χ2v) is 4.64. The van der Waals surface area contributed by atoms with Crippen LogP contribution in [-0.4, -0.2) is 25.0 Å². The molecule has 0 fully saturated rings. The Hall–Kier alpha value is -1.82. The quantitative estimate of drug-likeness (QED) is 0.334. The first-order valence-corrected chi connectivity index (χ1v) is 6.97. The van der Waals surface area contributed by atoms with Gasteiger partial charge in [0.2, 0.25) is 0 Å². The number of hydrazone groups is 1. The Morgan fingerprint density at radius 3 is 2.85 bits per heavy atom. The topological polar surface area (TPSA) is 68.9 Å². The lowest BCUT2D eigenvalue weighted by Crippen LogP contribution is -2.23. The van der Waals surface area contributed by atoms with Crippen LogP contribution in [0.15, 0.2) is 23.3 Å². The molecule has 0 radical (unpaired) electrons. The Balaban J connectivity index is 2.64. The monoisotopic (exact) mass is 295 g/mol. The average Bonchev–Trinajstić information content (AvgIpc) is 2.44. The van der Waals surface area contributed by atoms with Gasteiger partial charge in [-0.05, 0) is 42.4 Å². The zero-order chi connectivity index (χ0) is 14.8. The van der Waals surface area contributed by atoms with Crippen LogP contribution in [-0.2, 0) is 0 Å². The summed E-state index contributed by atoms with van der Waals surface area (Å²) in [4.78, 5) is 0. The Kier molecular flexibility index (Phi) is 7.42. The lowest BCUT2D eigenvalue weighted by molar-refractivity contribution is 0.286. The predicted octanol–water partition coefficient (Wildman–Crippen LogP) is 2.43. The van der Waals surface area contributed by atoms with Crippen LogP contribution in [0.4, 0.5) is 0 Å². The van der Waals surface area contributed by atoms with Crippen LogP contribution in [0.5, 0.6) is 11.5 Å². The van der Waals surface area contributed by atoms with E-state index in [4.69, 9.17) is 15.2 Å². The first-order valence-electron chi connectivity index (χ1n) is 6.56. The number of hydrogen-bond donors (Lipinski definition) is 2. The van der Waals surface area contributed by atoms with Gasteiger partial charge in [0, 0.05) is 0 Å². The fraction of sp³-hybridized carbons (Fsp3) is 0.429. The molecule has 0 heterocycles. The maximum Gasteiger partial charge on any atom is 0.184 e. The number of nitrogens with one attached hydrogen (secondary N) is 1. The van der Waals surface area contributed by atoms with Gasteiger partial charge in [-0.3, -0.25) is 5.43 Å². The van der Waals surface area contributed by atoms with E-state index in [2.05, 4.69) is 29.7 Å². The molecule has 0 saturated carbocycles. The molecule has 110 valence electrons. The highest BCUT2D eigenvalue weighted by Gasteiger charge is 2.04. The zero-order valence-corrected chi connectivity index (χ0v) is 12.7. The molecule has 0 atom stereocenters. The van der Waals surface area contributed by atoms with Gasteiger partial charge in [0.1, 0.15) is 0 Å². The highest BCUT2D eigenvalue weighted by molar-refractivity contribution is 7.80. The Labute approximate surface area is 125 Å². The fourth-order valence-electron chi connectivity index (χ4n) is 1.59. The van der Waals surface area contributed by atoms with Gasteiger partial charge in [-0.25, -0.2) is 0 Å². The number of nitrogens with two attached hydrogens (primary N) is 1. The largest absolute Gasteiger partial charge is 0.493 e. The number of thiocarbonyl (C=S) groups is 1. The van der Waals surface area contributed by atoms with Crippen molar-refractivity contribution >= 4 is 23.5 Å². The molecule has 0 unspecified atom stereocenters. The van der Waals surface area contributed by atoms with Crippen molar-refractivity contribution in [2.75, 3.05) is 13.7 Å². The minimum Gasteiger partial charge on any atom is -0.493 e. The molecule has 20 heavy (non-hydrogen) atoms. The molecule has 1 rings (SSSR count). The maximum atomic E-state index is 5.70. The third-order valence-corrected chi connectivity index (χ3v) is 2.67. The summed E-state index contributed by atoms with van der Waals surface area (Å²) >= 11 is 4.66. The van der Waals surface area contributed by atoms with E-state index in [1.54, 1.807) is 13.3 Å². The smallest absolute Gasteiger partial charge is 0.184 e. The minimum absolute atomic E-state index is 0.129. The van der Waals surface area contributed by atoms with Crippen LogP contribution in [0, 0.1) is 0 Å². The van der Waals surface area contributed by atoms with Crippen LogP contribution >= 0.6 is 12.2 Å². The molecule has 1 aromatic rings. The number of hydrogen-bond acceptors (Lipinski definition) is 4. The second-order valence-electron chi connectivity index (χ2n) is 4.20. The average molecular weight is 295 g/mol. The number of ether oxygens (including phenoxy) is 2. The van der Waals surface area contributed by atoms with E-state index in [0.717, 1.165) is 24.2 Å². The molecule has 0 aromatic heterocycles. The van der Waals surface area contributed by atoms with Crippen molar-refractivity contribution in [1.82, 2.24) is 5.43 Å². The van der Waals surface area contributed by atoms with Gasteiger partial charge >= 0.3 is 0 Å². The first kappa shape index (κ1) is 16.2. The van der Waals surface area contributed by atoms with Crippen molar-refractivity contribution in [2.24, 2.45) is 10.8 Å². The van der Waals surface area contributed by atoms with Crippen molar-refractivity contribution in [3.63, 3.8) is 0 Å². The number of unbranched alkanes of at least 4 members (excludes halogenated alkanes) is 2. The van der Waals surface area contributed by atoms with Gasteiger partial charge in [-0.15, -0.1) is 0 Å². The van der Waals surface area contributed by atoms with E-state index in [1.165, 1.54) is 6.42 Å². The van der Waals surface area contributed by atoms with Crippen molar-refractivity contribution < 1.29 is 9.47 Å². The van der Waals surface area contributed by atoms with Crippen LogP contribution in [0.2, 0.25) is 0 Å². The van der Waals surface area contributed by atoms with E-state index in [1.807, 2.05) is 18.2 Å². The van der Waals surface area contributed by atoms with E-state index in [0.29, 0.717) is 12.4 Å². The summed E-state index contributed by atoms with van der Waals surface area (Å²) in [6.07, 6.45) is 4.99. The molecule has 0 bridgehead atoms. The van der Waals surface area contributed by atoms with Gasteiger partial charge in [0.25, 0.3) is 0 Å². The minimum atomic E-state index is 0.129. The van der Waals surface area contributed by atoms with Crippen molar-refractivity contribution in [3.05, 3.63) is 23.8 Å². The molecule has 6 heteroatoms. The summed E-state index contributed by atoms with van der Waals surface area (Å²) in [6.45, 7) is 2.86. The molecule has 3 N–H and O–H groups in total. The van der Waals surface area contributed by atoms with E-state index in [-0.39, 0.29) is 5.11 Å². The van der Waals surface area contributed by atoms with Crippen LogP contribution < -0.4 is 20.6 Å². The summed E-state index contributed by atoms with van der Waals surface area (Å²) in [5.41, 5.74) is 8.65. The fourth-order valence-corrected chi connectivity index (χ4v) is 1.64. The van der Waals surface area contributed by atoms with E-state index in [9.17, 15) is 0 Å².